The highest BCUT2D eigenvalue weighted by atomic mass is 32.2. The van der Waals surface area contributed by atoms with Gasteiger partial charge in [0.25, 0.3) is 0 Å². The maximum absolute atomic E-state index is 13.2. The van der Waals surface area contributed by atoms with E-state index in [1.165, 1.54) is 4.70 Å². The summed E-state index contributed by atoms with van der Waals surface area (Å²) in [6.45, 7) is 6.88. The van der Waals surface area contributed by atoms with Gasteiger partial charge >= 0.3 is 0 Å². The lowest BCUT2D eigenvalue weighted by Gasteiger charge is -2.25. The summed E-state index contributed by atoms with van der Waals surface area (Å²) in [7, 11) is -1.40. The van der Waals surface area contributed by atoms with Gasteiger partial charge in [-0.2, -0.15) is 4.31 Å². The highest BCUT2D eigenvalue weighted by Crippen LogP contribution is 2.30. The first-order valence-corrected chi connectivity index (χ1v) is 14.2. The number of hydrogen-bond acceptors (Lipinski definition) is 6. The zero-order valence-electron chi connectivity index (χ0n) is 19.9. The van der Waals surface area contributed by atoms with Crippen molar-refractivity contribution in [3.05, 3.63) is 53.3 Å². The number of nitrogens with zero attached hydrogens (tertiary/aromatic N) is 5. The van der Waals surface area contributed by atoms with E-state index in [4.69, 9.17) is 9.97 Å². The minimum absolute atomic E-state index is 0.137. The van der Waals surface area contributed by atoms with Crippen LogP contribution >= 0.6 is 11.3 Å². The second-order valence-electron chi connectivity index (χ2n) is 9.00. The molecule has 1 aliphatic heterocycles. The summed E-state index contributed by atoms with van der Waals surface area (Å²) >= 11 is 1.73. The van der Waals surface area contributed by atoms with Crippen molar-refractivity contribution >= 4 is 42.6 Å². The first-order chi connectivity index (χ1) is 16.4. The van der Waals surface area contributed by atoms with Gasteiger partial charge in [-0.1, -0.05) is 18.6 Å². The number of fused-ring (bicyclic) bond motifs is 2. The monoisotopic (exact) mass is 497 g/mol. The Bertz CT molecular complexity index is 1390. The predicted octanol–water partition coefficient (Wildman–Crippen LogP) is 5.03. The third-order valence-corrected chi connectivity index (χ3v) is 9.89. The van der Waals surface area contributed by atoms with Crippen molar-refractivity contribution < 1.29 is 8.42 Å². The molecule has 1 aliphatic rings. The van der Waals surface area contributed by atoms with E-state index >= 15 is 0 Å². The summed E-state index contributed by atoms with van der Waals surface area (Å²) in [5, 5.41) is 1.08. The van der Waals surface area contributed by atoms with Crippen molar-refractivity contribution in [1.82, 2.24) is 23.7 Å². The van der Waals surface area contributed by atoms with Crippen LogP contribution in [0.25, 0.3) is 21.3 Å². The van der Waals surface area contributed by atoms with E-state index < -0.39 is 10.0 Å². The molecular formula is C25H31N5O2S2. The Labute approximate surface area is 205 Å². The summed E-state index contributed by atoms with van der Waals surface area (Å²) in [6, 6.07) is 13.7. The number of imidazole rings is 1. The van der Waals surface area contributed by atoms with Crippen LogP contribution in [0.3, 0.4) is 0 Å². The largest absolute Gasteiger partial charge is 0.327 e. The van der Waals surface area contributed by atoms with E-state index in [1.807, 2.05) is 24.3 Å². The van der Waals surface area contributed by atoms with Crippen molar-refractivity contribution in [2.24, 2.45) is 0 Å². The van der Waals surface area contributed by atoms with Gasteiger partial charge in [0.05, 0.1) is 38.7 Å². The Morgan fingerprint density at radius 3 is 2.56 bits per heavy atom. The van der Waals surface area contributed by atoms with Crippen LogP contribution in [-0.2, 0) is 23.1 Å². The summed E-state index contributed by atoms with van der Waals surface area (Å²) in [4.78, 5) is 12.3. The second kappa shape index (κ2) is 9.37. The Balaban J connectivity index is 1.42. The normalized spacial score (nSPS) is 16.6. The van der Waals surface area contributed by atoms with Gasteiger partial charge in [0, 0.05) is 19.6 Å². The van der Waals surface area contributed by atoms with Crippen LogP contribution in [0, 0.1) is 0 Å². The van der Waals surface area contributed by atoms with Crippen LogP contribution in [0.4, 0.5) is 0 Å². The number of rotatable bonds is 7. The van der Waals surface area contributed by atoms with Crippen molar-refractivity contribution in [2.45, 2.75) is 57.1 Å². The minimum Gasteiger partial charge on any atom is -0.327 e. The first-order valence-electron chi connectivity index (χ1n) is 11.9. The molecule has 3 heterocycles. The molecule has 1 saturated heterocycles. The predicted molar refractivity (Wildman–Crippen MR) is 138 cm³/mol. The second-order valence-corrected chi connectivity index (χ2v) is 12.0. The lowest BCUT2D eigenvalue weighted by molar-refractivity contribution is 0.244. The van der Waals surface area contributed by atoms with Gasteiger partial charge in [-0.05, 0) is 64.1 Å². The standard InChI is InChI=1S/C25H31N5O2S2/c1-4-30-22-13-12-19(34(31,32)29-14-8-5-9-15-29)16-21(22)26-24(30)17-28(3)18(2)25-27-20-10-6-7-11-23(20)33-25/h6-7,10-13,16,18H,4-5,8-9,14-15,17H2,1-3H3/t18-/m1/s1. The average molecular weight is 498 g/mol. The molecule has 1 atom stereocenters. The number of piperidine rings is 1. The SMILES string of the molecule is CCn1c(CN(C)[C@H](C)c2nc3ccccc3s2)nc2cc(S(=O)(=O)N3CCCCC3)ccc21. The molecule has 0 unspecified atom stereocenters. The number of para-hydroxylation sites is 1. The first kappa shape index (κ1) is 23.4. The van der Waals surface area contributed by atoms with E-state index in [1.54, 1.807) is 27.8 Å². The summed E-state index contributed by atoms with van der Waals surface area (Å²) in [6.07, 6.45) is 2.95. The molecule has 9 heteroatoms. The maximum atomic E-state index is 13.2. The van der Waals surface area contributed by atoms with Gasteiger partial charge in [-0.15, -0.1) is 11.3 Å². The third kappa shape index (κ3) is 4.26. The molecule has 0 bridgehead atoms. The summed E-state index contributed by atoms with van der Waals surface area (Å²) in [5.74, 6) is 0.931. The van der Waals surface area contributed by atoms with E-state index in [2.05, 4.69) is 36.4 Å². The Morgan fingerprint density at radius 2 is 1.82 bits per heavy atom. The molecule has 0 N–H and O–H groups in total. The Kier molecular flexibility index (Phi) is 6.45. The zero-order chi connectivity index (χ0) is 23.9. The maximum Gasteiger partial charge on any atom is 0.243 e. The van der Waals surface area contributed by atoms with Crippen LogP contribution in [-0.4, -0.2) is 52.3 Å². The molecule has 34 heavy (non-hydrogen) atoms. The highest BCUT2D eigenvalue weighted by Gasteiger charge is 2.27. The highest BCUT2D eigenvalue weighted by molar-refractivity contribution is 7.89. The molecule has 7 nitrogen and oxygen atoms in total. The van der Waals surface area contributed by atoms with Gasteiger partial charge in [0.1, 0.15) is 10.8 Å². The van der Waals surface area contributed by atoms with E-state index in [-0.39, 0.29) is 6.04 Å². The molecule has 4 aromatic rings. The molecule has 0 spiro atoms. The van der Waals surface area contributed by atoms with Crippen LogP contribution in [0.5, 0.6) is 0 Å². The van der Waals surface area contributed by atoms with Crippen LogP contribution in [0.15, 0.2) is 47.4 Å². The molecule has 5 rings (SSSR count). The van der Waals surface area contributed by atoms with Gasteiger partial charge in [0.15, 0.2) is 0 Å². The number of sulfonamides is 1. The van der Waals surface area contributed by atoms with Gasteiger partial charge in [-0.25, -0.2) is 18.4 Å². The smallest absolute Gasteiger partial charge is 0.243 e. The van der Waals surface area contributed by atoms with E-state index in [0.29, 0.717) is 24.5 Å². The van der Waals surface area contributed by atoms with E-state index in [9.17, 15) is 8.42 Å². The number of aryl methyl sites for hydroxylation is 1. The molecule has 2 aromatic heterocycles. The summed E-state index contributed by atoms with van der Waals surface area (Å²) < 4.78 is 31.3. The van der Waals surface area contributed by atoms with Crippen molar-refractivity contribution in [2.75, 3.05) is 20.1 Å². The molecule has 1 fully saturated rings. The van der Waals surface area contributed by atoms with Crippen LogP contribution in [0.2, 0.25) is 0 Å². The van der Waals surface area contributed by atoms with Crippen LogP contribution in [0.1, 0.15) is 50.0 Å². The number of benzene rings is 2. The van der Waals surface area contributed by atoms with Gasteiger partial charge in [0.2, 0.25) is 10.0 Å². The fourth-order valence-corrected chi connectivity index (χ4v) is 7.29. The molecule has 0 aliphatic carbocycles. The topological polar surface area (TPSA) is 71.3 Å². The lowest BCUT2D eigenvalue weighted by Crippen LogP contribution is -2.35. The number of thiazole rings is 1. The summed E-state index contributed by atoms with van der Waals surface area (Å²) in [5.41, 5.74) is 2.73. The molecule has 0 saturated carbocycles. The molecule has 0 radical (unpaired) electrons. The van der Waals surface area contributed by atoms with Crippen molar-refractivity contribution in [1.29, 1.82) is 0 Å². The quantitative estimate of drug-likeness (QED) is 0.358. The Hall–Kier alpha value is -2.33. The number of hydrogen-bond donors (Lipinski definition) is 0. The van der Waals surface area contributed by atoms with Gasteiger partial charge < -0.3 is 4.57 Å². The fraction of sp³-hybridized carbons (Fsp3) is 0.440. The fourth-order valence-electron chi connectivity index (χ4n) is 4.67. The molecule has 180 valence electrons. The minimum atomic E-state index is -3.48. The van der Waals surface area contributed by atoms with Crippen molar-refractivity contribution in [3.63, 3.8) is 0 Å². The zero-order valence-corrected chi connectivity index (χ0v) is 21.6. The molecular weight excluding hydrogens is 466 g/mol. The molecule has 0 amide bonds. The third-order valence-electron chi connectivity index (χ3n) is 6.79. The van der Waals surface area contributed by atoms with E-state index in [0.717, 1.165) is 53.2 Å². The van der Waals surface area contributed by atoms with Crippen LogP contribution < -0.4 is 0 Å². The average Bonchev–Trinajstić information content (AvgIpc) is 3.44. The van der Waals surface area contributed by atoms with Crippen molar-refractivity contribution in [3.8, 4) is 0 Å². The molecule has 2 aromatic carbocycles. The van der Waals surface area contributed by atoms with Gasteiger partial charge in [-0.3, -0.25) is 4.90 Å². The Morgan fingerprint density at radius 1 is 1.06 bits per heavy atom. The lowest BCUT2D eigenvalue weighted by atomic mass is 10.2. The number of aromatic nitrogens is 3.